The number of furan rings is 1. The highest BCUT2D eigenvalue weighted by Crippen LogP contribution is 2.18. The SMILES string of the molecule is CN(CCCNC(=O)c1ccc(CS(=O)(=O)c2ccccc2)o1)c1ccccc1. The molecular formula is C22H24N2O4S. The maximum absolute atomic E-state index is 12.4. The lowest BCUT2D eigenvalue weighted by molar-refractivity contribution is 0.0924. The van der Waals surface area contributed by atoms with Gasteiger partial charge in [0.1, 0.15) is 11.5 Å². The van der Waals surface area contributed by atoms with Crippen molar-refractivity contribution in [1.29, 1.82) is 0 Å². The highest BCUT2D eigenvalue weighted by atomic mass is 32.2. The van der Waals surface area contributed by atoms with E-state index in [9.17, 15) is 13.2 Å². The molecule has 1 aromatic heterocycles. The zero-order valence-electron chi connectivity index (χ0n) is 16.2. The molecule has 152 valence electrons. The fraction of sp³-hybridized carbons (Fsp3) is 0.227. The second-order valence-electron chi connectivity index (χ2n) is 6.70. The summed E-state index contributed by atoms with van der Waals surface area (Å²) in [4.78, 5) is 14.6. The summed E-state index contributed by atoms with van der Waals surface area (Å²) in [6.45, 7) is 1.29. The van der Waals surface area contributed by atoms with E-state index in [0.29, 0.717) is 6.54 Å². The molecule has 29 heavy (non-hydrogen) atoms. The molecule has 3 rings (SSSR count). The molecule has 0 radical (unpaired) electrons. The van der Waals surface area contributed by atoms with E-state index >= 15 is 0 Å². The standard InChI is InChI=1S/C22H24N2O4S/c1-24(18-9-4-2-5-10-18)16-8-15-23-22(25)21-14-13-19(28-21)17-29(26,27)20-11-6-3-7-12-20/h2-7,9-14H,8,15-17H2,1H3,(H,23,25). The van der Waals surface area contributed by atoms with E-state index in [2.05, 4.69) is 10.2 Å². The maximum Gasteiger partial charge on any atom is 0.286 e. The molecule has 1 amide bonds. The minimum absolute atomic E-state index is 0.111. The van der Waals surface area contributed by atoms with Gasteiger partial charge in [0.05, 0.1) is 4.90 Å². The Morgan fingerprint density at radius 1 is 0.966 bits per heavy atom. The lowest BCUT2D eigenvalue weighted by atomic mass is 10.3. The van der Waals surface area contributed by atoms with Gasteiger partial charge in [-0.05, 0) is 42.8 Å². The third-order valence-electron chi connectivity index (χ3n) is 4.47. The Morgan fingerprint density at radius 3 is 2.31 bits per heavy atom. The van der Waals surface area contributed by atoms with Crippen LogP contribution >= 0.6 is 0 Å². The van der Waals surface area contributed by atoms with Crippen molar-refractivity contribution in [2.45, 2.75) is 17.1 Å². The number of amides is 1. The van der Waals surface area contributed by atoms with E-state index in [1.54, 1.807) is 30.3 Å². The summed E-state index contributed by atoms with van der Waals surface area (Å²) in [5, 5.41) is 2.80. The molecule has 7 heteroatoms. The Balaban J connectivity index is 1.48. The van der Waals surface area contributed by atoms with Crippen molar-refractivity contribution in [1.82, 2.24) is 5.32 Å². The van der Waals surface area contributed by atoms with E-state index in [0.717, 1.165) is 18.7 Å². The zero-order chi connectivity index (χ0) is 20.7. The number of nitrogens with one attached hydrogen (secondary N) is 1. The van der Waals surface area contributed by atoms with Gasteiger partial charge in [0.25, 0.3) is 5.91 Å². The lowest BCUT2D eigenvalue weighted by Crippen LogP contribution is -2.27. The summed E-state index contributed by atoms with van der Waals surface area (Å²) < 4.78 is 30.3. The Bertz CT molecular complexity index is 1030. The Labute approximate surface area is 171 Å². The molecule has 1 heterocycles. The number of para-hydroxylation sites is 1. The van der Waals surface area contributed by atoms with Crippen molar-refractivity contribution in [2.75, 3.05) is 25.0 Å². The molecule has 6 nitrogen and oxygen atoms in total. The number of hydrogen-bond acceptors (Lipinski definition) is 5. The third-order valence-corrected chi connectivity index (χ3v) is 6.13. The number of nitrogens with zero attached hydrogens (tertiary/aromatic N) is 1. The number of anilines is 1. The highest BCUT2D eigenvalue weighted by Gasteiger charge is 2.19. The van der Waals surface area contributed by atoms with Gasteiger partial charge < -0.3 is 14.6 Å². The first-order chi connectivity index (χ1) is 14.0. The van der Waals surface area contributed by atoms with Crippen LogP contribution in [0, 0.1) is 0 Å². The van der Waals surface area contributed by atoms with Crippen LogP contribution < -0.4 is 10.2 Å². The van der Waals surface area contributed by atoms with E-state index < -0.39 is 9.84 Å². The fourth-order valence-corrected chi connectivity index (χ4v) is 4.16. The normalized spacial score (nSPS) is 11.2. The summed E-state index contributed by atoms with van der Waals surface area (Å²) in [5.41, 5.74) is 1.12. The van der Waals surface area contributed by atoms with Gasteiger partial charge >= 0.3 is 0 Å². The van der Waals surface area contributed by atoms with Crippen molar-refractivity contribution in [2.24, 2.45) is 0 Å². The van der Waals surface area contributed by atoms with Crippen molar-refractivity contribution in [3.63, 3.8) is 0 Å². The predicted molar refractivity (Wildman–Crippen MR) is 113 cm³/mol. The number of hydrogen-bond donors (Lipinski definition) is 1. The first-order valence-corrected chi connectivity index (χ1v) is 11.0. The molecule has 0 saturated heterocycles. The lowest BCUT2D eigenvalue weighted by Gasteiger charge is -2.19. The van der Waals surface area contributed by atoms with Gasteiger partial charge in [-0.25, -0.2) is 8.42 Å². The smallest absolute Gasteiger partial charge is 0.286 e. The fourth-order valence-electron chi connectivity index (χ4n) is 2.89. The van der Waals surface area contributed by atoms with Crippen molar-refractivity contribution < 1.29 is 17.6 Å². The van der Waals surface area contributed by atoms with Crippen molar-refractivity contribution >= 4 is 21.4 Å². The summed E-state index contributed by atoms with van der Waals surface area (Å²) >= 11 is 0. The highest BCUT2D eigenvalue weighted by molar-refractivity contribution is 7.90. The summed E-state index contributed by atoms with van der Waals surface area (Å²) in [6, 6.07) is 21.2. The third kappa shape index (κ3) is 5.71. The number of carbonyl (C=O) groups is 1. The molecule has 0 spiro atoms. The van der Waals surface area contributed by atoms with Gasteiger partial charge in [0.2, 0.25) is 0 Å². The van der Waals surface area contributed by atoms with Crippen LogP contribution in [0.2, 0.25) is 0 Å². The largest absolute Gasteiger partial charge is 0.455 e. The number of rotatable bonds is 9. The first kappa shape index (κ1) is 20.7. The molecule has 0 aliphatic rings. The van der Waals surface area contributed by atoms with Crippen LogP contribution in [-0.2, 0) is 15.6 Å². The average Bonchev–Trinajstić information content (AvgIpc) is 3.20. The molecule has 1 N–H and O–H groups in total. The van der Waals surface area contributed by atoms with E-state index in [1.165, 1.54) is 12.1 Å². The maximum atomic E-state index is 12.4. The van der Waals surface area contributed by atoms with Gasteiger partial charge in [-0.1, -0.05) is 36.4 Å². The molecule has 0 unspecified atom stereocenters. The van der Waals surface area contributed by atoms with Gasteiger partial charge in [-0.3, -0.25) is 4.79 Å². The average molecular weight is 413 g/mol. The van der Waals surface area contributed by atoms with Crippen LogP contribution in [0.15, 0.2) is 82.1 Å². The van der Waals surface area contributed by atoms with Crippen LogP contribution in [0.1, 0.15) is 22.7 Å². The topological polar surface area (TPSA) is 79.6 Å². The zero-order valence-corrected chi connectivity index (χ0v) is 17.1. The number of benzene rings is 2. The second kappa shape index (κ2) is 9.43. The second-order valence-corrected chi connectivity index (χ2v) is 8.69. The minimum Gasteiger partial charge on any atom is -0.455 e. The van der Waals surface area contributed by atoms with Gasteiger partial charge in [0.15, 0.2) is 15.6 Å². The van der Waals surface area contributed by atoms with Gasteiger partial charge in [-0.15, -0.1) is 0 Å². The van der Waals surface area contributed by atoms with Crippen LogP contribution in [0.25, 0.3) is 0 Å². The van der Waals surface area contributed by atoms with Crippen LogP contribution in [0.3, 0.4) is 0 Å². The summed E-state index contributed by atoms with van der Waals surface area (Å²) in [5.74, 6) is -0.287. The molecule has 3 aromatic rings. The molecule has 0 fully saturated rings. The number of carbonyl (C=O) groups excluding carboxylic acids is 1. The van der Waals surface area contributed by atoms with Crippen molar-refractivity contribution in [3.8, 4) is 0 Å². The van der Waals surface area contributed by atoms with Crippen LogP contribution in [0.5, 0.6) is 0 Å². The van der Waals surface area contributed by atoms with E-state index in [1.807, 2.05) is 37.4 Å². The monoisotopic (exact) mass is 412 g/mol. The van der Waals surface area contributed by atoms with E-state index in [4.69, 9.17) is 4.42 Å². The van der Waals surface area contributed by atoms with Crippen LogP contribution in [0.4, 0.5) is 5.69 Å². The molecule has 2 aromatic carbocycles. The van der Waals surface area contributed by atoms with Crippen molar-refractivity contribution in [3.05, 3.63) is 84.3 Å². The van der Waals surface area contributed by atoms with E-state index in [-0.39, 0.29) is 28.1 Å². The van der Waals surface area contributed by atoms with Gasteiger partial charge in [-0.2, -0.15) is 0 Å². The number of sulfone groups is 1. The predicted octanol–water partition coefficient (Wildman–Crippen LogP) is 3.51. The molecule has 0 saturated carbocycles. The Kier molecular flexibility index (Phi) is 6.72. The molecule has 0 bridgehead atoms. The quantitative estimate of drug-likeness (QED) is 0.544. The summed E-state index contributed by atoms with van der Waals surface area (Å²) in [7, 11) is -1.51. The molecule has 0 aliphatic heterocycles. The van der Waals surface area contributed by atoms with Crippen LogP contribution in [-0.4, -0.2) is 34.5 Å². The Morgan fingerprint density at radius 2 is 1.62 bits per heavy atom. The molecule has 0 atom stereocenters. The summed E-state index contributed by atoms with van der Waals surface area (Å²) in [6.07, 6.45) is 0.771. The molecule has 0 aliphatic carbocycles. The Hall–Kier alpha value is -3.06. The molecular weight excluding hydrogens is 388 g/mol. The van der Waals surface area contributed by atoms with Gasteiger partial charge in [0, 0.05) is 25.8 Å². The minimum atomic E-state index is -3.51. The first-order valence-electron chi connectivity index (χ1n) is 9.36.